The van der Waals surface area contributed by atoms with Gasteiger partial charge in [0.05, 0.1) is 6.61 Å². The van der Waals surface area contributed by atoms with E-state index in [0.29, 0.717) is 0 Å². The molecule has 1 heteroatoms. The first-order valence-corrected chi connectivity index (χ1v) is 5.70. The normalized spacial score (nSPS) is 13.2. The Kier molecular flexibility index (Phi) is 10.0. The molecule has 1 radical (unpaired) electrons. The molecule has 0 spiro atoms. The molecule has 13 heavy (non-hydrogen) atoms. The van der Waals surface area contributed by atoms with Crippen molar-refractivity contribution in [1.82, 2.24) is 0 Å². The Bertz CT molecular complexity index is 91.1. The topological polar surface area (TPSA) is 9.23 Å². The highest BCUT2D eigenvalue weighted by atomic mass is 16.5. The highest BCUT2D eigenvalue weighted by Crippen LogP contribution is 2.11. The lowest BCUT2D eigenvalue weighted by molar-refractivity contribution is 0.159. The third-order valence-corrected chi connectivity index (χ3v) is 2.35. The molecule has 0 fully saturated rings. The summed E-state index contributed by atoms with van der Waals surface area (Å²) in [4.78, 5) is 0. The molecule has 0 heterocycles. The summed E-state index contributed by atoms with van der Waals surface area (Å²) in [6.45, 7) is 9.14. The fraction of sp³-hybridized carbons (Fsp3) is 0.917. The van der Waals surface area contributed by atoms with E-state index in [4.69, 9.17) is 4.74 Å². The number of unbranched alkanes of at least 4 members (excludes halogenated alkanes) is 4. The van der Waals surface area contributed by atoms with Crippen LogP contribution in [0.15, 0.2) is 0 Å². The Morgan fingerprint density at radius 2 is 1.85 bits per heavy atom. The van der Waals surface area contributed by atoms with Crippen LogP contribution in [-0.4, -0.2) is 6.61 Å². The van der Waals surface area contributed by atoms with Crippen LogP contribution in [0.1, 0.15) is 59.3 Å². The van der Waals surface area contributed by atoms with E-state index in [1.165, 1.54) is 38.5 Å². The van der Waals surface area contributed by atoms with Crippen LogP contribution in [0.25, 0.3) is 0 Å². The summed E-state index contributed by atoms with van der Waals surface area (Å²) in [5.41, 5.74) is 0. The van der Waals surface area contributed by atoms with Gasteiger partial charge >= 0.3 is 0 Å². The monoisotopic (exact) mass is 185 g/mol. The summed E-state index contributed by atoms with van der Waals surface area (Å²) < 4.78 is 5.25. The number of hydrogen-bond donors (Lipinski definition) is 0. The molecule has 0 aliphatic rings. The fourth-order valence-corrected chi connectivity index (χ4v) is 1.44. The van der Waals surface area contributed by atoms with Crippen LogP contribution < -0.4 is 0 Å². The molecule has 0 amide bonds. The van der Waals surface area contributed by atoms with Crippen LogP contribution in [0.5, 0.6) is 0 Å². The minimum absolute atomic E-state index is 0.720. The zero-order valence-corrected chi connectivity index (χ0v) is 9.51. The Morgan fingerprint density at radius 3 is 2.46 bits per heavy atom. The molecule has 79 valence electrons. The molecular weight excluding hydrogens is 160 g/mol. The smallest absolute Gasteiger partial charge is 0.0806 e. The average molecular weight is 185 g/mol. The van der Waals surface area contributed by atoms with Crippen LogP contribution >= 0.6 is 0 Å². The second kappa shape index (κ2) is 10.0. The van der Waals surface area contributed by atoms with Crippen molar-refractivity contribution in [2.24, 2.45) is 5.92 Å². The summed E-state index contributed by atoms with van der Waals surface area (Å²) in [5.74, 6) is 0.720. The maximum atomic E-state index is 5.25. The lowest BCUT2D eigenvalue weighted by atomic mass is 10.0. The van der Waals surface area contributed by atoms with Crippen molar-refractivity contribution < 1.29 is 4.74 Å². The van der Waals surface area contributed by atoms with Gasteiger partial charge in [0, 0.05) is 6.61 Å². The fourth-order valence-electron chi connectivity index (χ4n) is 1.44. The molecule has 0 aromatic rings. The van der Waals surface area contributed by atoms with Crippen LogP contribution in [0.2, 0.25) is 0 Å². The molecule has 0 saturated carbocycles. The van der Waals surface area contributed by atoms with Gasteiger partial charge in [0.1, 0.15) is 0 Å². The Morgan fingerprint density at radius 1 is 1.15 bits per heavy atom. The first kappa shape index (κ1) is 13.0. The zero-order valence-electron chi connectivity index (χ0n) is 9.51. The first-order valence-electron chi connectivity index (χ1n) is 5.70. The van der Waals surface area contributed by atoms with Crippen molar-refractivity contribution in [3.8, 4) is 0 Å². The minimum atomic E-state index is 0.720. The van der Waals surface area contributed by atoms with Crippen molar-refractivity contribution in [3.05, 3.63) is 6.61 Å². The van der Waals surface area contributed by atoms with E-state index in [1.807, 2.05) is 6.92 Å². The standard InChI is InChI=1S/C12H25O/c1-4-6-7-8-9-10-12(3)11-13-5-2/h5,12H,4,6-11H2,1-3H3. The summed E-state index contributed by atoms with van der Waals surface area (Å²) >= 11 is 0. The van der Waals surface area contributed by atoms with Gasteiger partial charge in [-0.15, -0.1) is 0 Å². The molecule has 0 bridgehead atoms. The number of ether oxygens (including phenoxy) is 1. The third kappa shape index (κ3) is 9.88. The van der Waals surface area contributed by atoms with Gasteiger partial charge in [0.2, 0.25) is 0 Å². The predicted octanol–water partition coefficient (Wildman–Crippen LogP) is 4.18. The molecule has 1 atom stereocenters. The summed E-state index contributed by atoms with van der Waals surface area (Å²) in [6.07, 6.45) is 8.22. The summed E-state index contributed by atoms with van der Waals surface area (Å²) in [6, 6.07) is 0. The lowest BCUT2D eigenvalue weighted by Crippen LogP contribution is -2.03. The number of hydrogen-bond acceptors (Lipinski definition) is 1. The van der Waals surface area contributed by atoms with E-state index >= 15 is 0 Å². The molecule has 0 aromatic heterocycles. The molecule has 0 aromatic carbocycles. The van der Waals surface area contributed by atoms with Gasteiger partial charge in [-0.2, -0.15) is 0 Å². The lowest BCUT2D eigenvalue weighted by Gasteiger charge is -2.10. The molecule has 0 N–H and O–H groups in total. The van der Waals surface area contributed by atoms with Crippen LogP contribution in [0.3, 0.4) is 0 Å². The van der Waals surface area contributed by atoms with E-state index in [9.17, 15) is 0 Å². The van der Waals surface area contributed by atoms with E-state index in [1.54, 1.807) is 6.61 Å². The summed E-state index contributed by atoms with van der Waals surface area (Å²) in [5, 5.41) is 0. The molecule has 0 saturated heterocycles. The average Bonchev–Trinajstić information content (AvgIpc) is 2.14. The molecule has 1 nitrogen and oxygen atoms in total. The maximum Gasteiger partial charge on any atom is 0.0806 e. The zero-order chi connectivity index (χ0) is 9.94. The SMILES string of the molecule is C[CH]OCC(C)CCCCCCC. The van der Waals surface area contributed by atoms with Gasteiger partial charge in [-0.3, -0.25) is 0 Å². The second-order valence-electron chi connectivity index (χ2n) is 3.88. The van der Waals surface area contributed by atoms with Crippen LogP contribution in [0, 0.1) is 12.5 Å². The van der Waals surface area contributed by atoms with Crippen molar-refractivity contribution in [2.45, 2.75) is 59.3 Å². The highest BCUT2D eigenvalue weighted by Gasteiger charge is 2.00. The van der Waals surface area contributed by atoms with Crippen LogP contribution in [0.4, 0.5) is 0 Å². The van der Waals surface area contributed by atoms with Gasteiger partial charge < -0.3 is 4.74 Å². The van der Waals surface area contributed by atoms with Gasteiger partial charge in [0.25, 0.3) is 0 Å². The van der Waals surface area contributed by atoms with E-state index < -0.39 is 0 Å². The molecule has 1 unspecified atom stereocenters. The minimum Gasteiger partial charge on any atom is -0.376 e. The van der Waals surface area contributed by atoms with E-state index in [2.05, 4.69) is 13.8 Å². The maximum absolute atomic E-state index is 5.25. The van der Waals surface area contributed by atoms with Gasteiger partial charge in [-0.05, 0) is 19.3 Å². The molecular formula is C12H25O. The van der Waals surface area contributed by atoms with Crippen molar-refractivity contribution >= 4 is 0 Å². The molecule has 0 aliphatic carbocycles. The third-order valence-electron chi connectivity index (χ3n) is 2.35. The quantitative estimate of drug-likeness (QED) is 0.490. The van der Waals surface area contributed by atoms with Gasteiger partial charge in [-0.1, -0.05) is 46.0 Å². The van der Waals surface area contributed by atoms with Crippen molar-refractivity contribution in [1.29, 1.82) is 0 Å². The molecule has 0 aliphatic heterocycles. The predicted molar refractivity (Wildman–Crippen MR) is 58.5 cm³/mol. The Labute approximate surface area is 83.9 Å². The van der Waals surface area contributed by atoms with Gasteiger partial charge in [-0.25, -0.2) is 0 Å². The summed E-state index contributed by atoms with van der Waals surface area (Å²) in [7, 11) is 0. The Balaban J connectivity index is 3.03. The Hall–Kier alpha value is -0.0400. The van der Waals surface area contributed by atoms with Crippen LogP contribution in [-0.2, 0) is 4.74 Å². The number of rotatable bonds is 9. The van der Waals surface area contributed by atoms with E-state index in [0.717, 1.165) is 12.5 Å². The highest BCUT2D eigenvalue weighted by molar-refractivity contribution is 4.53. The first-order chi connectivity index (χ1) is 6.31. The van der Waals surface area contributed by atoms with Crippen molar-refractivity contribution in [3.63, 3.8) is 0 Å². The second-order valence-corrected chi connectivity index (χ2v) is 3.88. The van der Waals surface area contributed by atoms with Crippen molar-refractivity contribution in [2.75, 3.05) is 6.61 Å². The van der Waals surface area contributed by atoms with Gasteiger partial charge in [0.15, 0.2) is 0 Å². The largest absolute Gasteiger partial charge is 0.376 e. The molecule has 0 rings (SSSR count). The van der Waals surface area contributed by atoms with E-state index in [-0.39, 0.29) is 0 Å².